The number of rotatable bonds is 6. The predicted molar refractivity (Wildman–Crippen MR) is 145 cm³/mol. The van der Waals surface area contributed by atoms with Gasteiger partial charge in [0.05, 0.1) is 31.0 Å². The molecule has 1 saturated heterocycles. The molecule has 3 aromatic rings. The molecule has 5 rings (SSSR count). The number of carbonyl (C=O) groups excluding carboxylic acids is 2. The summed E-state index contributed by atoms with van der Waals surface area (Å²) in [6.45, 7) is 4.06. The number of carbonyl (C=O) groups is 2. The summed E-state index contributed by atoms with van der Waals surface area (Å²) in [5.74, 6) is -1.09. The van der Waals surface area contributed by atoms with E-state index in [1.54, 1.807) is 36.4 Å². The molecule has 7 heteroatoms. The van der Waals surface area contributed by atoms with E-state index in [-0.39, 0.29) is 22.8 Å². The molecule has 1 aliphatic carbocycles. The maximum Gasteiger partial charge on any atom is 0.300 e. The third-order valence-corrected chi connectivity index (χ3v) is 7.26. The zero-order valence-electron chi connectivity index (χ0n) is 21.8. The molecule has 3 aromatic carbocycles. The monoisotopic (exact) mass is 513 g/mol. The first-order valence-electron chi connectivity index (χ1n) is 12.9. The molecular formula is C31H31NO6. The van der Waals surface area contributed by atoms with Gasteiger partial charge in [-0.25, -0.2) is 0 Å². The van der Waals surface area contributed by atoms with E-state index in [0.29, 0.717) is 29.2 Å². The summed E-state index contributed by atoms with van der Waals surface area (Å²) in [6.07, 6.45) is 4.09. The number of aliphatic hydroxyl groups is 1. The first-order valence-corrected chi connectivity index (χ1v) is 12.9. The van der Waals surface area contributed by atoms with Crippen LogP contribution in [0.1, 0.15) is 53.6 Å². The van der Waals surface area contributed by atoms with Gasteiger partial charge in [-0.2, -0.15) is 0 Å². The largest absolute Gasteiger partial charge is 0.507 e. The number of aromatic hydroxyl groups is 1. The van der Waals surface area contributed by atoms with E-state index in [4.69, 9.17) is 9.47 Å². The number of benzene rings is 3. The Labute approximate surface area is 221 Å². The number of phenols is 1. The third-order valence-electron chi connectivity index (χ3n) is 7.26. The number of methoxy groups -OCH3 is 1. The van der Waals surface area contributed by atoms with Gasteiger partial charge in [0.1, 0.15) is 11.5 Å². The SMILES string of the molecule is CCOc1cc(C2/C(=C(\O)c3ccc4c(c3)CCCC4)C(=O)C(=O)N2c2cc(C)ccc2O)ccc1OC. The summed E-state index contributed by atoms with van der Waals surface area (Å²) >= 11 is 0. The molecule has 0 radical (unpaired) electrons. The minimum Gasteiger partial charge on any atom is -0.507 e. The van der Waals surface area contributed by atoms with Crippen LogP contribution in [0, 0.1) is 6.92 Å². The quantitative estimate of drug-likeness (QED) is 0.253. The topological polar surface area (TPSA) is 96.3 Å². The second-order valence-electron chi connectivity index (χ2n) is 9.70. The average molecular weight is 514 g/mol. The molecule has 0 saturated carbocycles. The summed E-state index contributed by atoms with van der Waals surface area (Å²) in [4.78, 5) is 28.3. The van der Waals surface area contributed by atoms with Crippen LogP contribution in [0.3, 0.4) is 0 Å². The Morgan fingerprint density at radius 3 is 2.47 bits per heavy atom. The van der Waals surface area contributed by atoms with E-state index in [1.165, 1.54) is 23.6 Å². The molecule has 196 valence electrons. The van der Waals surface area contributed by atoms with Crippen LogP contribution >= 0.6 is 0 Å². The fourth-order valence-electron chi connectivity index (χ4n) is 5.39. The average Bonchev–Trinajstić information content (AvgIpc) is 3.19. The van der Waals surface area contributed by atoms with Gasteiger partial charge in [-0.1, -0.05) is 24.3 Å². The second-order valence-corrected chi connectivity index (χ2v) is 9.70. The fourth-order valence-corrected chi connectivity index (χ4v) is 5.39. The Bertz CT molecular complexity index is 1460. The summed E-state index contributed by atoms with van der Waals surface area (Å²) in [7, 11) is 1.53. The smallest absolute Gasteiger partial charge is 0.300 e. The first kappa shape index (κ1) is 25.4. The molecule has 1 atom stereocenters. The van der Waals surface area contributed by atoms with Crippen LogP contribution in [-0.4, -0.2) is 35.6 Å². The molecule has 0 spiro atoms. The van der Waals surface area contributed by atoms with Gasteiger partial charge in [-0.05, 0) is 92.1 Å². The zero-order valence-corrected chi connectivity index (χ0v) is 21.8. The maximum atomic E-state index is 13.6. The second kappa shape index (κ2) is 10.2. The summed E-state index contributed by atoms with van der Waals surface area (Å²) in [6, 6.07) is 14.7. The van der Waals surface area contributed by atoms with Gasteiger partial charge >= 0.3 is 0 Å². The molecular weight excluding hydrogens is 482 g/mol. The Hall–Kier alpha value is -4.26. The molecule has 38 heavy (non-hydrogen) atoms. The number of ether oxygens (including phenoxy) is 2. The number of nitrogens with zero attached hydrogens (tertiary/aromatic N) is 1. The van der Waals surface area contributed by atoms with Gasteiger partial charge in [-0.15, -0.1) is 0 Å². The minimum atomic E-state index is -0.996. The van der Waals surface area contributed by atoms with Gasteiger partial charge in [0.2, 0.25) is 0 Å². The number of hydrogen-bond donors (Lipinski definition) is 2. The predicted octanol–water partition coefficient (Wildman–Crippen LogP) is 5.61. The van der Waals surface area contributed by atoms with E-state index in [9.17, 15) is 19.8 Å². The van der Waals surface area contributed by atoms with Crippen molar-refractivity contribution in [3.63, 3.8) is 0 Å². The van der Waals surface area contributed by atoms with Gasteiger partial charge in [-0.3, -0.25) is 14.5 Å². The number of phenolic OH excluding ortho intramolecular Hbond substituents is 1. The Kier molecular flexibility index (Phi) is 6.85. The first-order chi connectivity index (χ1) is 18.3. The number of ketones is 1. The Morgan fingerprint density at radius 1 is 0.974 bits per heavy atom. The van der Waals surface area contributed by atoms with E-state index >= 15 is 0 Å². The molecule has 7 nitrogen and oxygen atoms in total. The maximum absolute atomic E-state index is 13.6. The van der Waals surface area contributed by atoms with Gasteiger partial charge in [0, 0.05) is 5.56 Å². The number of fused-ring (bicyclic) bond motifs is 1. The number of Topliss-reactive ketones (excluding diaryl/α,β-unsaturated/α-hetero) is 1. The number of aliphatic hydroxyl groups excluding tert-OH is 1. The fraction of sp³-hybridized carbons (Fsp3) is 0.290. The summed E-state index contributed by atoms with van der Waals surface area (Å²) in [5, 5.41) is 22.3. The lowest BCUT2D eigenvalue weighted by Crippen LogP contribution is -2.29. The normalized spacial score (nSPS) is 18.4. The molecule has 2 aliphatic rings. The Balaban J connectivity index is 1.73. The van der Waals surface area contributed by atoms with Crippen LogP contribution in [0.15, 0.2) is 60.2 Å². The lowest BCUT2D eigenvalue weighted by Gasteiger charge is -2.27. The van der Waals surface area contributed by atoms with E-state index in [1.807, 2.05) is 26.0 Å². The van der Waals surface area contributed by atoms with Crippen molar-refractivity contribution in [1.29, 1.82) is 0 Å². The number of anilines is 1. The number of aryl methyl sites for hydroxylation is 3. The molecule has 0 aromatic heterocycles. The summed E-state index contributed by atoms with van der Waals surface area (Å²) in [5.41, 5.74) is 4.36. The highest BCUT2D eigenvalue weighted by Gasteiger charge is 2.48. The highest BCUT2D eigenvalue weighted by molar-refractivity contribution is 6.52. The number of amides is 1. The lowest BCUT2D eigenvalue weighted by molar-refractivity contribution is -0.132. The van der Waals surface area contributed by atoms with Crippen molar-refractivity contribution in [2.75, 3.05) is 18.6 Å². The van der Waals surface area contributed by atoms with Gasteiger partial charge in [0.15, 0.2) is 11.5 Å². The molecule has 1 unspecified atom stereocenters. The minimum absolute atomic E-state index is 0.0423. The third kappa shape index (κ3) is 4.38. The van der Waals surface area contributed by atoms with Gasteiger partial charge in [0.25, 0.3) is 11.7 Å². The molecule has 1 fully saturated rings. The van der Waals surface area contributed by atoms with Crippen LogP contribution in [-0.2, 0) is 22.4 Å². The number of hydrogen-bond acceptors (Lipinski definition) is 6. The van der Waals surface area contributed by atoms with Gasteiger partial charge < -0.3 is 19.7 Å². The Morgan fingerprint density at radius 2 is 1.74 bits per heavy atom. The van der Waals surface area contributed by atoms with Crippen LogP contribution in [0.5, 0.6) is 17.2 Å². The lowest BCUT2D eigenvalue weighted by atomic mass is 9.88. The highest BCUT2D eigenvalue weighted by atomic mass is 16.5. The zero-order chi connectivity index (χ0) is 27.0. The molecule has 0 bridgehead atoms. The summed E-state index contributed by atoms with van der Waals surface area (Å²) < 4.78 is 11.2. The molecule has 1 amide bonds. The van der Waals surface area contributed by atoms with Crippen molar-refractivity contribution in [1.82, 2.24) is 0 Å². The van der Waals surface area contributed by atoms with Crippen LogP contribution in [0.4, 0.5) is 5.69 Å². The molecule has 1 aliphatic heterocycles. The van der Waals surface area contributed by atoms with Crippen LogP contribution < -0.4 is 14.4 Å². The molecule has 1 heterocycles. The van der Waals surface area contributed by atoms with Crippen molar-refractivity contribution in [3.05, 3.63) is 88.0 Å². The van der Waals surface area contributed by atoms with Crippen molar-refractivity contribution in [2.45, 2.75) is 45.6 Å². The van der Waals surface area contributed by atoms with E-state index in [0.717, 1.165) is 36.8 Å². The molecule has 2 N–H and O–H groups in total. The van der Waals surface area contributed by atoms with E-state index < -0.39 is 17.7 Å². The van der Waals surface area contributed by atoms with Crippen molar-refractivity contribution in [2.24, 2.45) is 0 Å². The van der Waals surface area contributed by atoms with Crippen molar-refractivity contribution < 1.29 is 29.3 Å². The van der Waals surface area contributed by atoms with Crippen LogP contribution in [0.25, 0.3) is 5.76 Å². The van der Waals surface area contributed by atoms with Crippen LogP contribution in [0.2, 0.25) is 0 Å². The highest BCUT2D eigenvalue weighted by Crippen LogP contribution is 2.46. The van der Waals surface area contributed by atoms with Crippen molar-refractivity contribution >= 4 is 23.1 Å². The van der Waals surface area contributed by atoms with E-state index in [2.05, 4.69) is 0 Å². The van der Waals surface area contributed by atoms with Crippen molar-refractivity contribution in [3.8, 4) is 17.2 Å². The standard InChI is InChI=1S/C31H31NO6/c1-4-38-26-17-21(12-14-25(26)37-3)28-27(29(34)22-11-10-19-7-5-6-8-20(19)16-22)30(35)31(36)32(28)23-15-18(2)9-13-24(23)33/h9-17,28,33-34H,4-8H2,1-3H3/b29-27+.